The van der Waals surface area contributed by atoms with Crippen molar-refractivity contribution in [2.45, 2.75) is 19.6 Å². The Morgan fingerprint density at radius 2 is 1.39 bits per heavy atom. The number of aliphatic carboxylic acids is 2. The van der Waals surface area contributed by atoms with E-state index in [2.05, 4.69) is 30.1 Å². The van der Waals surface area contributed by atoms with Gasteiger partial charge >= 0.3 is 58.9 Å². The maximum Gasteiger partial charge on any atom is 3.00 e. The SMILES string of the molecule is [176Yb+3].[N-]=[N+]=Nc1cc2nc(c1)Cn1nncc1-c1cccc(n1)CN1CCN(CC(=O)O)CCN(CCN(CC(=O)O)CC1)C2. The Labute approximate surface area is 292 Å². The zero-order valence-electron chi connectivity index (χ0n) is 24.0. The first kappa shape index (κ1) is 33.9. The summed E-state index contributed by atoms with van der Waals surface area (Å²) in [6.45, 7) is 5.25. The Hall–Kier alpha value is -2.95. The quantitative estimate of drug-likeness (QED) is 0.214. The van der Waals surface area contributed by atoms with E-state index in [0.717, 1.165) is 5.69 Å². The van der Waals surface area contributed by atoms with Crippen LogP contribution in [0.2, 0.25) is 0 Å². The summed E-state index contributed by atoms with van der Waals surface area (Å²) >= 11 is 0. The van der Waals surface area contributed by atoms with Gasteiger partial charge in [0.1, 0.15) is 5.69 Å². The minimum absolute atomic E-state index is 0. The summed E-state index contributed by atoms with van der Waals surface area (Å²) in [5.41, 5.74) is 13.1. The number of aromatic nitrogens is 5. The molecule has 6 heterocycles. The molecular formula is C27H34N12O4Yb+3. The zero-order valence-corrected chi connectivity index (χ0v) is 25.7. The predicted octanol–water partition coefficient (Wildman–Crippen LogP) is 1.13. The first-order chi connectivity index (χ1) is 20.8. The summed E-state index contributed by atoms with van der Waals surface area (Å²) in [7, 11) is 0. The fourth-order valence-corrected chi connectivity index (χ4v) is 5.39. The summed E-state index contributed by atoms with van der Waals surface area (Å²) in [6.07, 6.45) is 1.65. The number of carboxylic acid groups (broad SMARTS) is 2. The molecule has 6 bridgehead atoms. The van der Waals surface area contributed by atoms with Gasteiger partial charge in [0.25, 0.3) is 0 Å². The molecule has 1 radical (unpaired) electrons. The summed E-state index contributed by atoms with van der Waals surface area (Å²) in [4.78, 5) is 44.3. The Bertz CT molecular complexity index is 1460. The van der Waals surface area contributed by atoms with E-state index in [1.54, 1.807) is 23.0 Å². The third-order valence-corrected chi connectivity index (χ3v) is 7.49. The second-order valence-electron chi connectivity index (χ2n) is 10.7. The fourth-order valence-electron chi connectivity index (χ4n) is 5.39. The largest absolute Gasteiger partial charge is 3.00 e. The molecule has 0 amide bonds. The average molecular weight is 767 g/mol. The van der Waals surface area contributed by atoms with E-state index < -0.39 is 11.9 Å². The van der Waals surface area contributed by atoms with Crippen LogP contribution >= 0.6 is 0 Å². The van der Waals surface area contributed by atoms with Gasteiger partial charge in [-0.3, -0.25) is 34.2 Å². The van der Waals surface area contributed by atoms with E-state index in [-0.39, 0.29) is 66.6 Å². The van der Waals surface area contributed by atoms with Gasteiger partial charge in [0, 0.05) is 76.0 Å². The third kappa shape index (κ3) is 9.78. The van der Waals surface area contributed by atoms with Crippen LogP contribution in [0.3, 0.4) is 0 Å². The van der Waals surface area contributed by atoms with Gasteiger partial charge in [0.2, 0.25) is 0 Å². The van der Waals surface area contributed by atoms with Gasteiger partial charge in [0.15, 0.2) is 0 Å². The predicted molar refractivity (Wildman–Crippen MR) is 154 cm³/mol. The number of carbonyl (C=O) groups is 2. The van der Waals surface area contributed by atoms with Crippen LogP contribution in [0.1, 0.15) is 17.1 Å². The van der Waals surface area contributed by atoms with E-state index >= 15 is 0 Å². The van der Waals surface area contributed by atoms with Crippen molar-refractivity contribution >= 4 is 17.6 Å². The van der Waals surface area contributed by atoms with Crippen molar-refractivity contribution in [3.63, 3.8) is 0 Å². The molecule has 0 aliphatic carbocycles. The van der Waals surface area contributed by atoms with E-state index in [9.17, 15) is 19.8 Å². The molecule has 0 atom stereocenters. The van der Waals surface area contributed by atoms with Crippen LogP contribution in [0.25, 0.3) is 21.8 Å². The molecule has 237 valence electrons. The van der Waals surface area contributed by atoms with Crippen LogP contribution in [0, 0.1) is 46.9 Å². The second-order valence-corrected chi connectivity index (χ2v) is 10.7. The minimum atomic E-state index is -0.895. The van der Waals surface area contributed by atoms with Crippen molar-refractivity contribution in [1.29, 1.82) is 0 Å². The minimum Gasteiger partial charge on any atom is -0.480 e. The average Bonchev–Trinajstić information content (AvgIpc) is 3.41. The van der Waals surface area contributed by atoms with Crippen molar-refractivity contribution < 1.29 is 66.7 Å². The molecule has 0 saturated carbocycles. The molecule has 17 heteroatoms. The molecule has 2 N–H and O–H groups in total. The van der Waals surface area contributed by atoms with E-state index in [0.29, 0.717) is 93.9 Å². The first-order valence-electron chi connectivity index (χ1n) is 14.1. The topological polar surface area (TPSA) is 193 Å². The van der Waals surface area contributed by atoms with Crippen LogP contribution in [0.5, 0.6) is 0 Å². The number of hydrogen-bond acceptors (Lipinski definition) is 11. The van der Waals surface area contributed by atoms with Gasteiger partial charge in [-0.1, -0.05) is 16.4 Å². The summed E-state index contributed by atoms with van der Waals surface area (Å²) in [5.74, 6) is -1.79. The maximum atomic E-state index is 11.7. The molecule has 0 spiro atoms. The van der Waals surface area contributed by atoms with Gasteiger partial charge in [-0.2, -0.15) is 0 Å². The van der Waals surface area contributed by atoms with Crippen molar-refractivity contribution in [2.75, 3.05) is 65.4 Å². The molecule has 16 nitrogen and oxygen atoms in total. The Kier molecular flexibility index (Phi) is 12.6. The number of nitrogens with zero attached hydrogens (tertiary/aromatic N) is 12. The zero-order chi connectivity index (χ0) is 30.2. The molecule has 3 aromatic heterocycles. The van der Waals surface area contributed by atoms with Gasteiger partial charge in [-0.05, 0) is 29.8 Å². The Morgan fingerprint density at radius 1 is 0.818 bits per heavy atom. The molecular weight excluding hydrogens is 732 g/mol. The normalized spacial score (nSPS) is 19.9. The molecule has 44 heavy (non-hydrogen) atoms. The van der Waals surface area contributed by atoms with E-state index in [1.807, 2.05) is 28.0 Å². The van der Waals surface area contributed by atoms with Crippen LogP contribution in [-0.2, 0) is 29.2 Å². The summed E-state index contributed by atoms with van der Waals surface area (Å²) in [6, 6.07) is 9.18. The monoisotopic (exact) mass is 766 g/mol. The van der Waals surface area contributed by atoms with Crippen LogP contribution in [0.4, 0.5) is 5.69 Å². The van der Waals surface area contributed by atoms with E-state index in [4.69, 9.17) is 15.5 Å². The standard InChI is InChI=1S/C27H34N12O4.Yb/c28-33-32-21-12-22-16-36-6-10-37(18-26(40)41)8-4-35(5-9-38(11-7-36)19-27(42)43)15-20-2-1-3-24(31-20)25-14-29-34-39(25)17-23(13-21)30-22;/h1-3,12-14H,4-11,15-19H2,(H,40,41)(H,42,43);/q;+3/i;1+3. The molecule has 3 aliphatic heterocycles. The molecule has 0 aromatic carbocycles. The number of pyridine rings is 2. The second kappa shape index (κ2) is 16.4. The van der Waals surface area contributed by atoms with Gasteiger partial charge in [0.05, 0.1) is 48.6 Å². The molecule has 6 rings (SSSR count). The van der Waals surface area contributed by atoms with Gasteiger partial charge in [-0.15, -0.1) is 5.10 Å². The number of fused-ring (bicyclic) bond motifs is 8. The van der Waals surface area contributed by atoms with Crippen molar-refractivity contribution in [1.82, 2.24) is 44.6 Å². The van der Waals surface area contributed by atoms with Crippen molar-refractivity contribution in [3.05, 3.63) is 64.1 Å². The fraction of sp³-hybridized carbons (Fsp3) is 0.481. The van der Waals surface area contributed by atoms with Crippen LogP contribution < -0.4 is 0 Å². The molecule has 1 saturated heterocycles. The smallest absolute Gasteiger partial charge is 0.480 e. The summed E-state index contributed by atoms with van der Waals surface area (Å²) in [5, 5.41) is 31.4. The number of carboxylic acids is 2. The number of rotatable bonds is 5. The van der Waals surface area contributed by atoms with Crippen molar-refractivity contribution in [2.24, 2.45) is 5.11 Å². The molecule has 3 aromatic rings. The summed E-state index contributed by atoms with van der Waals surface area (Å²) < 4.78 is 1.72. The third-order valence-electron chi connectivity index (χ3n) is 7.49. The first-order valence-corrected chi connectivity index (χ1v) is 14.1. The molecule has 1 fully saturated rings. The Balaban J connectivity index is 0.00000442. The van der Waals surface area contributed by atoms with E-state index in [1.165, 1.54) is 0 Å². The molecule has 3 aliphatic rings. The van der Waals surface area contributed by atoms with Crippen LogP contribution in [0.15, 0.2) is 41.6 Å². The maximum absolute atomic E-state index is 11.7. The number of azide groups is 1. The van der Waals surface area contributed by atoms with Crippen molar-refractivity contribution in [3.8, 4) is 11.4 Å². The van der Waals surface area contributed by atoms with Gasteiger partial charge in [-0.25, -0.2) is 9.67 Å². The number of hydrogen-bond donors (Lipinski definition) is 2. The Morgan fingerprint density at radius 3 is 1.95 bits per heavy atom. The van der Waals surface area contributed by atoms with Crippen LogP contribution in [-0.4, -0.2) is 132 Å². The molecule has 0 unspecified atom stereocenters. The van der Waals surface area contributed by atoms with Gasteiger partial charge < -0.3 is 10.2 Å².